The van der Waals surface area contributed by atoms with E-state index in [2.05, 4.69) is 10.2 Å². The molecule has 0 spiro atoms. The number of nitrogens with one attached hydrogen (secondary N) is 1. The fourth-order valence-electron chi connectivity index (χ4n) is 2.06. The number of hydrogen-bond acceptors (Lipinski definition) is 3. The van der Waals surface area contributed by atoms with Crippen LogP contribution in [0.5, 0.6) is 0 Å². The number of hydrogen-bond donors (Lipinski definition) is 2. The average molecular weight is 184 g/mol. The Labute approximate surface area is 80.1 Å². The molecule has 1 heterocycles. The Hall–Kier alpha value is -0.120. The lowest BCUT2D eigenvalue weighted by Crippen LogP contribution is -2.37. The predicted molar refractivity (Wildman–Crippen MR) is 52.7 cm³/mol. The van der Waals surface area contributed by atoms with Crippen molar-refractivity contribution in [3.8, 4) is 0 Å². The van der Waals surface area contributed by atoms with E-state index in [-0.39, 0.29) is 6.10 Å². The van der Waals surface area contributed by atoms with E-state index in [1.54, 1.807) is 0 Å². The summed E-state index contributed by atoms with van der Waals surface area (Å²) in [5, 5.41) is 12.5. The highest BCUT2D eigenvalue weighted by molar-refractivity contribution is 4.91. The van der Waals surface area contributed by atoms with Gasteiger partial charge in [0, 0.05) is 31.7 Å². The lowest BCUT2D eigenvalue weighted by molar-refractivity contribution is 0.185. The van der Waals surface area contributed by atoms with Gasteiger partial charge in [-0.1, -0.05) is 0 Å². The van der Waals surface area contributed by atoms with E-state index < -0.39 is 0 Å². The Morgan fingerprint density at radius 1 is 1.46 bits per heavy atom. The van der Waals surface area contributed by atoms with Gasteiger partial charge in [-0.25, -0.2) is 0 Å². The van der Waals surface area contributed by atoms with Crippen LogP contribution in [0.4, 0.5) is 0 Å². The van der Waals surface area contributed by atoms with E-state index >= 15 is 0 Å². The summed E-state index contributed by atoms with van der Waals surface area (Å²) in [5.41, 5.74) is 0. The van der Waals surface area contributed by atoms with E-state index in [0.29, 0.717) is 6.04 Å². The second kappa shape index (κ2) is 3.95. The van der Waals surface area contributed by atoms with Crippen LogP contribution in [0, 0.1) is 0 Å². The highest BCUT2D eigenvalue weighted by Gasteiger charge is 2.33. The molecule has 3 heteroatoms. The van der Waals surface area contributed by atoms with Crippen molar-refractivity contribution >= 4 is 0 Å². The third-order valence-electron chi connectivity index (χ3n) is 2.98. The van der Waals surface area contributed by atoms with Gasteiger partial charge in [-0.05, 0) is 26.2 Å². The summed E-state index contributed by atoms with van der Waals surface area (Å²) in [5.74, 6) is 0. The van der Waals surface area contributed by atoms with Crippen molar-refractivity contribution in [3.63, 3.8) is 0 Å². The summed E-state index contributed by atoms with van der Waals surface area (Å²) in [6, 6.07) is 1.52. The van der Waals surface area contributed by atoms with Crippen LogP contribution in [-0.2, 0) is 0 Å². The first-order chi connectivity index (χ1) is 6.25. The van der Waals surface area contributed by atoms with Gasteiger partial charge < -0.3 is 10.4 Å². The second-order valence-corrected chi connectivity index (χ2v) is 4.47. The monoisotopic (exact) mass is 184 g/mol. The molecule has 0 bridgehead atoms. The van der Waals surface area contributed by atoms with Crippen molar-refractivity contribution in [2.45, 2.75) is 44.4 Å². The van der Waals surface area contributed by atoms with E-state index in [4.69, 9.17) is 5.11 Å². The van der Waals surface area contributed by atoms with Crippen LogP contribution in [0.15, 0.2) is 0 Å². The summed E-state index contributed by atoms with van der Waals surface area (Å²) in [7, 11) is 0. The molecule has 0 aromatic rings. The topological polar surface area (TPSA) is 35.5 Å². The van der Waals surface area contributed by atoms with E-state index in [0.717, 1.165) is 12.6 Å². The maximum absolute atomic E-state index is 9.12. The smallest absolute Gasteiger partial charge is 0.0636 e. The largest absolute Gasteiger partial charge is 0.392 e. The zero-order valence-electron chi connectivity index (χ0n) is 8.37. The van der Waals surface area contributed by atoms with Gasteiger partial charge in [0.25, 0.3) is 0 Å². The molecule has 1 saturated carbocycles. The lowest BCUT2D eigenvalue weighted by Gasteiger charge is -2.16. The van der Waals surface area contributed by atoms with Gasteiger partial charge in [0.2, 0.25) is 0 Å². The zero-order chi connectivity index (χ0) is 9.26. The molecule has 2 aliphatic rings. The maximum atomic E-state index is 9.12. The normalized spacial score (nSPS) is 32.3. The van der Waals surface area contributed by atoms with Crippen LogP contribution in [0.2, 0.25) is 0 Å². The number of rotatable bonds is 4. The van der Waals surface area contributed by atoms with Crippen molar-refractivity contribution in [1.82, 2.24) is 10.2 Å². The number of likely N-dealkylation sites (tertiary alicyclic amines) is 1. The van der Waals surface area contributed by atoms with Crippen molar-refractivity contribution in [1.29, 1.82) is 0 Å². The van der Waals surface area contributed by atoms with Gasteiger partial charge in [-0.3, -0.25) is 4.90 Å². The van der Waals surface area contributed by atoms with Gasteiger partial charge in [-0.15, -0.1) is 0 Å². The third kappa shape index (κ3) is 2.66. The summed E-state index contributed by atoms with van der Waals surface area (Å²) in [6.45, 7) is 5.02. The molecule has 0 aromatic carbocycles. The molecule has 13 heavy (non-hydrogen) atoms. The van der Waals surface area contributed by atoms with Crippen LogP contribution in [0.3, 0.4) is 0 Å². The Morgan fingerprint density at radius 3 is 2.85 bits per heavy atom. The van der Waals surface area contributed by atoms with Crippen LogP contribution < -0.4 is 5.32 Å². The molecule has 1 unspecified atom stereocenters. The molecule has 2 fully saturated rings. The van der Waals surface area contributed by atoms with Gasteiger partial charge in [-0.2, -0.15) is 0 Å². The predicted octanol–water partition coefficient (Wildman–Crippen LogP) is 0.193. The average Bonchev–Trinajstić information content (AvgIpc) is 2.83. The van der Waals surface area contributed by atoms with E-state index in [1.807, 2.05) is 6.92 Å². The molecule has 76 valence electrons. The lowest BCUT2D eigenvalue weighted by atomic mass is 10.2. The molecule has 1 aliphatic carbocycles. The summed E-state index contributed by atoms with van der Waals surface area (Å²) >= 11 is 0. The van der Waals surface area contributed by atoms with Crippen LogP contribution in [0.1, 0.15) is 26.2 Å². The summed E-state index contributed by atoms with van der Waals surface area (Å²) in [4.78, 5) is 2.58. The van der Waals surface area contributed by atoms with Gasteiger partial charge >= 0.3 is 0 Å². The van der Waals surface area contributed by atoms with E-state index in [1.165, 1.54) is 32.4 Å². The summed E-state index contributed by atoms with van der Waals surface area (Å²) < 4.78 is 0. The van der Waals surface area contributed by atoms with Crippen molar-refractivity contribution in [3.05, 3.63) is 0 Å². The van der Waals surface area contributed by atoms with Gasteiger partial charge in [0.1, 0.15) is 0 Å². The molecule has 1 saturated heterocycles. The molecular formula is C10H20N2O. The molecule has 2 rings (SSSR count). The van der Waals surface area contributed by atoms with Crippen molar-refractivity contribution < 1.29 is 5.11 Å². The minimum Gasteiger partial charge on any atom is -0.392 e. The Balaban J connectivity index is 1.65. The highest BCUT2D eigenvalue weighted by Crippen LogP contribution is 2.29. The van der Waals surface area contributed by atoms with Crippen molar-refractivity contribution in [2.75, 3.05) is 19.6 Å². The zero-order valence-corrected chi connectivity index (χ0v) is 8.37. The Kier molecular flexibility index (Phi) is 2.86. The highest BCUT2D eigenvalue weighted by atomic mass is 16.3. The quantitative estimate of drug-likeness (QED) is 0.655. The molecule has 1 aliphatic heterocycles. The molecule has 2 atom stereocenters. The number of nitrogens with zero attached hydrogens (tertiary/aromatic N) is 1. The number of aliphatic hydroxyl groups is 1. The van der Waals surface area contributed by atoms with Gasteiger partial charge in [0.15, 0.2) is 0 Å². The number of aliphatic hydroxyl groups excluding tert-OH is 1. The first-order valence-corrected chi connectivity index (χ1v) is 5.41. The molecule has 0 radical (unpaired) electrons. The minimum absolute atomic E-state index is 0.213. The molecule has 3 nitrogen and oxygen atoms in total. The second-order valence-electron chi connectivity index (χ2n) is 4.47. The fraction of sp³-hybridized carbons (Fsp3) is 1.00. The van der Waals surface area contributed by atoms with E-state index in [9.17, 15) is 0 Å². The summed E-state index contributed by atoms with van der Waals surface area (Å²) in [6.07, 6.45) is 3.85. The third-order valence-corrected chi connectivity index (χ3v) is 2.98. The SMILES string of the molecule is C[C@H](O)CNC1CCN(C2CC2)C1. The first-order valence-electron chi connectivity index (χ1n) is 5.41. The minimum atomic E-state index is -0.213. The fourth-order valence-corrected chi connectivity index (χ4v) is 2.06. The Morgan fingerprint density at radius 2 is 2.23 bits per heavy atom. The first kappa shape index (κ1) is 9.44. The molecule has 0 aromatic heterocycles. The van der Waals surface area contributed by atoms with Crippen LogP contribution in [-0.4, -0.2) is 47.8 Å². The van der Waals surface area contributed by atoms with Gasteiger partial charge in [0.05, 0.1) is 6.10 Å². The Bertz CT molecular complexity index is 168. The molecule has 2 N–H and O–H groups in total. The van der Waals surface area contributed by atoms with Crippen LogP contribution in [0.25, 0.3) is 0 Å². The molecule has 0 amide bonds. The van der Waals surface area contributed by atoms with Crippen LogP contribution >= 0.6 is 0 Å². The molecular weight excluding hydrogens is 164 g/mol. The maximum Gasteiger partial charge on any atom is 0.0636 e. The van der Waals surface area contributed by atoms with Crippen molar-refractivity contribution in [2.24, 2.45) is 0 Å². The standard InChI is InChI=1S/C10H20N2O/c1-8(13)6-11-9-4-5-12(7-9)10-2-3-10/h8-11,13H,2-7H2,1H3/t8-,9?/m0/s1.